The van der Waals surface area contributed by atoms with E-state index in [2.05, 4.69) is 15.4 Å². The minimum absolute atomic E-state index is 0.204. The molecule has 24 heavy (non-hydrogen) atoms. The van der Waals surface area contributed by atoms with Crippen LogP contribution in [-0.4, -0.2) is 54.0 Å². The van der Waals surface area contributed by atoms with Crippen LogP contribution < -0.4 is 10.6 Å². The molecule has 0 rings (SSSR count). The van der Waals surface area contributed by atoms with Gasteiger partial charge in [0.25, 0.3) is 0 Å². The number of amides is 2. The second-order valence-electron chi connectivity index (χ2n) is 6.76. The van der Waals surface area contributed by atoms with Crippen molar-refractivity contribution in [3.63, 3.8) is 0 Å². The predicted molar refractivity (Wildman–Crippen MR) is 88.2 cm³/mol. The highest BCUT2D eigenvalue weighted by atomic mass is 16.6. The van der Waals surface area contributed by atoms with Gasteiger partial charge in [-0.3, -0.25) is 4.79 Å². The summed E-state index contributed by atoms with van der Waals surface area (Å²) in [4.78, 5) is 36.1. The maximum absolute atomic E-state index is 12.5. The summed E-state index contributed by atoms with van der Waals surface area (Å²) in [6.45, 7) is 10.2. The van der Waals surface area contributed by atoms with Crippen molar-refractivity contribution in [1.82, 2.24) is 10.6 Å². The second kappa shape index (κ2) is 9.46. The highest BCUT2D eigenvalue weighted by Crippen LogP contribution is 2.12. The second-order valence-corrected chi connectivity index (χ2v) is 6.76. The molecule has 4 unspecified atom stereocenters. The topological polar surface area (TPSA) is 114 Å². The van der Waals surface area contributed by atoms with Crippen molar-refractivity contribution in [2.24, 2.45) is 5.92 Å². The van der Waals surface area contributed by atoms with Gasteiger partial charge in [-0.15, -0.1) is 0 Å². The summed E-state index contributed by atoms with van der Waals surface area (Å²) in [5, 5.41) is 14.6. The molecule has 8 nitrogen and oxygen atoms in total. The van der Waals surface area contributed by atoms with Crippen molar-refractivity contribution < 1.29 is 29.0 Å². The van der Waals surface area contributed by atoms with Crippen LogP contribution >= 0.6 is 0 Å². The molecule has 4 atom stereocenters. The molecule has 0 fully saturated rings. The minimum atomic E-state index is -1.21. The first-order valence-corrected chi connectivity index (χ1v) is 7.98. The zero-order valence-electron chi connectivity index (χ0n) is 15.5. The summed E-state index contributed by atoms with van der Waals surface area (Å²) >= 11 is 0. The molecule has 0 aromatic rings. The summed E-state index contributed by atoms with van der Waals surface area (Å²) in [5.74, 6) is -1.56. The number of carbonyl (C=O) groups is 3. The normalized spacial score (nSPS) is 16.3. The number of aliphatic hydroxyl groups excluding tert-OH is 1. The van der Waals surface area contributed by atoms with Crippen LogP contribution in [0.25, 0.3) is 0 Å². The van der Waals surface area contributed by atoms with Gasteiger partial charge in [-0.25, -0.2) is 9.59 Å². The van der Waals surface area contributed by atoms with Gasteiger partial charge in [-0.2, -0.15) is 0 Å². The Balaban J connectivity index is 5.13. The van der Waals surface area contributed by atoms with Gasteiger partial charge >= 0.3 is 12.1 Å². The van der Waals surface area contributed by atoms with Crippen LogP contribution in [-0.2, 0) is 19.1 Å². The van der Waals surface area contributed by atoms with Crippen molar-refractivity contribution in [3.05, 3.63) is 0 Å². The van der Waals surface area contributed by atoms with Crippen molar-refractivity contribution in [3.8, 4) is 0 Å². The average Bonchev–Trinajstić information content (AvgIpc) is 2.46. The quantitative estimate of drug-likeness (QED) is 0.592. The summed E-state index contributed by atoms with van der Waals surface area (Å²) in [6.07, 6.45) is -1.25. The lowest BCUT2D eigenvalue weighted by Crippen LogP contribution is -2.57. The van der Waals surface area contributed by atoms with Gasteiger partial charge in [0, 0.05) is 0 Å². The fraction of sp³-hybridized carbons (Fsp3) is 0.812. The molecule has 8 heteroatoms. The third kappa shape index (κ3) is 7.63. The summed E-state index contributed by atoms with van der Waals surface area (Å²) < 4.78 is 9.73. The van der Waals surface area contributed by atoms with Gasteiger partial charge in [0.2, 0.25) is 5.91 Å². The molecule has 140 valence electrons. The number of nitrogens with one attached hydrogen (secondary N) is 2. The SMILES string of the molecule is CCC(C)C(NC(=O)OC(C)(C)C)C(=O)NC(C(=O)OC)C(C)O. The number of carbonyl (C=O) groups excluding carboxylic acids is 3. The monoisotopic (exact) mass is 346 g/mol. The molecule has 0 bridgehead atoms. The van der Waals surface area contributed by atoms with Gasteiger partial charge in [0.05, 0.1) is 13.2 Å². The zero-order chi connectivity index (χ0) is 19.1. The van der Waals surface area contributed by atoms with E-state index in [0.717, 1.165) is 7.11 Å². The average molecular weight is 346 g/mol. The van der Waals surface area contributed by atoms with E-state index in [0.29, 0.717) is 6.42 Å². The molecule has 0 aliphatic carbocycles. The number of hydrogen-bond acceptors (Lipinski definition) is 6. The van der Waals surface area contributed by atoms with E-state index in [1.54, 1.807) is 27.7 Å². The molecule has 0 heterocycles. The molecule has 0 aromatic carbocycles. The van der Waals surface area contributed by atoms with E-state index in [-0.39, 0.29) is 5.92 Å². The molecular weight excluding hydrogens is 316 g/mol. The molecular formula is C16H30N2O6. The van der Waals surface area contributed by atoms with Gasteiger partial charge in [0.15, 0.2) is 6.04 Å². The maximum atomic E-state index is 12.5. The maximum Gasteiger partial charge on any atom is 0.408 e. The first-order chi connectivity index (χ1) is 10.9. The first-order valence-electron chi connectivity index (χ1n) is 7.98. The van der Waals surface area contributed by atoms with Crippen LogP contribution in [0.3, 0.4) is 0 Å². The van der Waals surface area contributed by atoms with Crippen molar-refractivity contribution in [2.45, 2.75) is 71.8 Å². The number of methoxy groups -OCH3 is 1. The third-order valence-electron chi connectivity index (χ3n) is 3.40. The van der Waals surface area contributed by atoms with Crippen LogP contribution in [0.15, 0.2) is 0 Å². The number of aliphatic hydroxyl groups is 1. The van der Waals surface area contributed by atoms with Crippen LogP contribution in [0.1, 0.15) is 48.0 Å². The minimum Gasteiger partial charge on any atom is -0.467 e. The lowest BCUT2D eigenvalue weighted by molar-refractivity contribution is -0.148. The standard InChI is InChI=1S/C16H30N2O6/c1-8-9(2)11(18-15(22)24-16(4,5)6)13(20)17-12(10(3)19)14(21)23-7/h9-12,19H,8H2,1-7H3,(H,17,20)(H,18,22). The summed E-state index contributed by atoms with van der Waals surface area (Å²) in [5.41, 5.74) is -0.700. The molecule has 0 aliphatic rings. The number of rotatable bonds is 7. The van der Waals surface area contributed by atoms with E-state index < -0.39 is 41.8 Å². The summed E-state index contributed by atoms with van der Waals surface area (Å²) in [6, 6.07) is -2.12. The van der Waals surface area contributed by atoms with Crippen LogP contribution in [0.4, 0.5) is 4.79 Å². The highest BCUT2D eigenvalue weighted by Gasteiger charge is 2.33. The first kappa shape index (κ1) is 22.2. The van der Waals surface area contributed by atoms with Crippen LogP contribution in [0.2, 0.25) is 0 Å². The van der Waals surface area contributed by atoms with Gasteiger partial charge < -0.3 is 25.2 Å². The molecule has 0 aromatic heterocycles. The molecule has 0 aliphatic heterocycles. The zero-order valence-corrected chi connectivity index (χ0v) is 15.5. The van der Waals surface area contributed by atoms with E-state index in [9.17, 15) is 19.5 Å². The number of hydrogen-bond donors (Lipinski definition) is 3. The van der Waals surface area contributed by atoms with Crippen molar-refractivity contribution in [1.29, 1.82) is 0 Å². The molecule has 0 saturated carbocycles. The molecule has 2 amide bonds. The van der Waals surface area contributed by atoms with Crippen LogP contribution in [0.5, 0.6) is 0 Å². The highest BCUT2D eigenvalue weighted by molar-refractivity contribution is 5.90. The Labute approximate surface area is 143 Å². The van der Waals surface area contributed by atoms with Gasteiger partial charge in [0.1, 0.15) is 11.6 Å². The molecule has 0 saturated heterocycles. The smallest absolute Gasteiger partial charge is 0.408 e. The fourth-order valence-corrected chi connectivity index (χ4v) is 1.88. The Bertz CT molecular complexity index is 444. The Morgan fingerprint density at radius 2 is 1.62 bits per heavy atom. The fourth-order valence-electron chi connectivity index (χ4n) is 1.88. The number of alkyl carbamates (subject to hydrolysis) is 1. The Morgan fingerprint density at radius 1 is 1.08 bits per heavy atom. The largest absolute Gasteiger partial charge is 0.467 e. The molecule has 3 N–H and O–H groups in total. The summed E-state index contributed by atoms with van der Waals surface area (Å²) in [7, 11) is 1.16. The van der Waals surface area contributed by atoms with E-state index in [1.807, 2.05) is 6.92 Å². The van der Waals surface area contributed by atoms with E-state index in [1.165, 1.54) is 6.92 Å². The van der Waals surface area contributed by atoms with E-state index in [4.69, 9.17) is 4.74 Å². The lowest BCUT2D eigenvalue weighted by Gasteiger charge is -2.28. The number of esters is 1. The number of ether oxygens (including phenoxy) is 2. The van der Waals surface area contributed by atoms with Crippen LogP contribution in [0, 0.1) is 5.92 Å². The molecule has 0 radical (unpaired) electrons. The van der Waals surface area contributed by atoms with Crippen molar-refractivity contribution >= 4 is 18.0 Å². The predicted octanol–water partition coefficient (Wildman–Crippen LogP) is 0.964. The molecule has 0 spiro atoms. The Hall–Kier alpha value is -1.83. The van der Waals surface area contributed by atoms with Gasteiger partial charge in [-0.05, 0) is 33.6 Å². The van der Waals surface area contributed by atoms with Crippen molar-refractivity contribution in [2.75, 3.05) is 7.11 Å². The lowest BCUT2D eigenvalue weighted by atomic mass is 9.98. The Morgan fingerprint density at radius 3 is 2.00 bits per heavy atom. The van der Waals surface area contributed by atoms with Gasteiger partial charge in [-0.1, -0.05) is 20.3 Å². The Kier molecular flexibility index (Phi) is 8.74. The van der Waals surface area contributed by atoms with E-state index >= 15 is 0 Å². The third-order valence-corrected chi connectivity index (χ3v) is 3.40.